The number of thiazole rings is 1. The summed E-state index contributed by atoms with van der Waals surface area (Å²) in [6, 6.07) is 0. The van der Waals surface area contributed by atoms with E-state index >= 15 is 0 Å². The third kappa shape index (κ3) is 1.80. The fourth-order valence-electron chi connectivity index (χ4n) is 1.46. The molecule has 0 unspecified atom stereocenters. The van der Waals surface area contributed by atoms with E-state index in [0.717, 1.165) is 23.1 Å². The number of hydrogen-bond donors (Lipinski definition) is 1. The molecule has 1 N–H and O–H groups in total. The van der Waals surface area contributed by atoms with E-state index in [1.165, 1.54) is 24.2 Å². The Morgan fingerprint density at radius 2 is 2.15 bits per heavy atom. The Labute approximate surface area is 86.0 Å². The van der Waals surface area contributed by atoms with Gasteiger partial charge in [-0.05, 0) is 12.8 Å². The molecular weight excluding hydrogens is 208 g/mol. The van der Waals surface area contributed by atoms with Crippen LogP contribution >= 0.6 is 22.9 Å². The van der Waals surface area contributed by atoms with Crippen molar-refractivity contribution in [3.63, 3.8) is 0 Å². The molecule has 13 heavy (non-hydrogen) atoms. The van der Waals surface area contributed by atoms with Gasteiger partial charge in [0.15, 0.2) is 5.13 Å². The summed E-state index contributed by atoms with van der Waals surface area (Å²) < 4.78 is 0. The second-order valence-electron chi connectivity index (χ2n) is 3.06. The summed E-state index contributed by atoms with van der Waals surface area (Å²) in [4.78, 5) is 7.20. The quantitative estimate of drug-likeness (QED) is 0.824. The normalized spacial score (nSPS) is 16.9. The number of hydrogen-bond acceptors (Lipinski definition) is 4. The van der Waals surface area contributed by atoms with E-state index in [-0.39, 0.29) is 6.61 Å². The van der Waals surface area contributed by atoms with Crippen LogP contribution in [0.1, 0.15) is 17.7 Å². The van der Waals surface area contributed by atoms with E-state index in [1.807, 2.05) is 0 Å². The van der Waals surface area contributed by atoms with Gasteiger partial charge in [-0.1, -0.05) is 22.9 Å². The van der Waals surface area contributed by atoms with Crippen LogP contribution in [0.25, 0.3) is 0 Å². The Morgan fingerprint density at radius 3 is 2.69 bits per heavy atom. The van der Waals surface area contributed by atoms with Crippen LogP contribution in [0.2, 0.25) is 5.15 Å². The molecule has 1 aliphatic heterocycles. The maximum atomic E-state index is 8.94. The molecule has 3 nitrogen and oxygen atoms in total. The molecule has 0 aliphatic carbocycles. The fourth-order valence-corrected chi connectivity index (χ4v) is 2.63. The number of rotatable bonds is 2. The number of anilines is 1. The molecule has 1 saturated heterocycles. The minimum atomic E-state index is -0.00958. The first-order chi connectivity index (χ1) is 6.31. The minimum absolute atomic E-state index is 0.00958. The van der Waals surface area contributed by atoms with Crippen molar-refractivity contribution < 1.29 is 5.11 Å². The van der Waals surface area contributed by atoms with Gasteiger partial charge in [-0.25, -0.2) is 4.98 Å². The Hall–Kier alpha value is -0.320. The van der Waals surface area contributed by atoms with Crippen molar-refractivity contribution in [3.05, 3.63) is 10.0 Å². The maximum absolute atomic E-state index is 8.94. The Morgan fingerprint density at radius 1 is 1.46 bits per heavy atom. The lowest BCUT2D eigenvalue weighted by atomic mass is 10.4. The number of halogens is 1. The molecule has 0 atom stereocenters. The molecule has 72 valence electrons. The summed E-state index contributed by atoms with van der Waals surface area (Å²) in [5, 5.41) is 10.3. The maximum Gasteiger partial charge on any atom is 0.187 e. The first-order valence-corrected chi connectivity index (χ1v) is 5.51. The van der Waals surface area contributed by atoms with Crippen molar-refractivity contribution >= 4 is 28.1 Å². The van der Waals surface area contributed by atoms with E-state index in [1.54, 1.807) is 0 Å². The predicted octanol–water partition coefficient (Wildman–Crippen LogP) is 1.89. The zero-order valence-electron chi connectivity index (χ0n) is 7.16. The molecule has 1 fully saturated rings. The highest BCUT2D eigenvalue weighted by atomic mass is 35.5. The van der Waals surface area contributed by atoms with Crippen molar-refractivity contribution in [2.24, 2.45) is 0 Å². The third-order valence-electron chi connectivity index (χ3n) is 2.16. The van der Waals surface area contributed by atoms with Crippen molar-refractivity contribution in [3.8, 4) is 0 Å². The molecular formula is C8H11ClN2OS. The molecule has 0 aromatic carbocycles. The molecule has 1 aromatic heterocycles. The van der Waals surface area contributed by atoms with Gasteiger partial charge in [0, 0.05) is 13.1 Å². The number of aliphatic hydroxyl groups excluding tert-OH is 1. The first-order valence-electron chi connectivity index (χ1n) is 4.32. The van der Waals surface area contributed by atoms with Gasteiger partial charge in [-0.15, -0.1) is 0 Å². The van der Waals surface area contributed by atoms with Crippen LogP contribution in [0.3, 0.4) is 0 Å². The summed E-state index contributed by atoms with van der Waals surface area (Å²) in [5.74, 6) is 0. The summed E-state index contributed by atoms with van der Waals surface area (Å²) in [7, 11) is 0. The molecule has 0 spiro atoms. The molecule has 5 heteroatoms. The minimum Gasteiger partial charge on any atom is -0.391 e. The van der Waals surface area contributed by atoms with Crippen LogP contribution in [0, 0.1) is 0 Å². The monoisotopic (exact) mass is 218 g/mol. The molecule has 2 rings (SSSR count). The second kappa shape index (κ2) is 3.82. The molecule has 0 amide bonds. The summed E-state index contributed by atoms with van der Waals surface area (Å²) in [6.45, 7) is 2.12. The van der Waals surface area contributed by atoms with Gasteiger partial charge in [0.2, 0.25) is 0 Å². The predicted molar refractivity (Wildman–Crippen MR) is 54.5 cm³/mol. The zero-order chi connectivity index (χ0) is 9.26. The van der Waals surface area contributed by atoms with Gasteiger partial charge in [0.05, 0.1) is 11.5 Å². The summed E-state index contributed by atoms with van der Waals surface area (Å²) in [6.07, 6.45) is 2.46. The zero-order valence-corrected chi connectivity index (χ0v) is 8.74. The number of aromatic nitrogens is 1. The van der Waals surface area contributed by atoms with E-state index in [0.29, 0.717) is 5.15 Å². The van der Waals surface area contributed by atoms with Crippen LogP contribution in [-0.4, -0.2) is 23.2 Å². The van der Waals surface area contributed by atoms with E-state index in [4.69, 9.17) is 16.7 Å². The molecule has 1 aliphatic rings. The molecule has 1 aromatic rings. The molecule has 0 bridgehead atoms. The van der Waals surface area contributed by atoms with Crippen LogP contribution in [-0.2, 0) is 6.61 Å². The van der Waals surface area contributed by atoms with Gasteiger partial charge >= 0.3 is 0 Å². The van der Waals surface area contributed by atoms with Crippen molar-refractivity contribution in [2.75, 3.05) is 18.0 Å². The number of aliphatic hydroxyl groups is 1. The van der Waals surface area contributed by atoms with Crippen LogP contribution in [0.15, 0.2) is 0 Å². The molecule has 2 heterocycles. The standard InChI is InChI=1S/C8H11ClN2OS/c9-7-6(5-12)13-8(10-7)11-3-1-2-4-11/h12H,1-5H2. The average Bonchev–Trinajstić information content (AvgIpc) is 2.71. The highest BCUT2D eigenvalue weighted by molar-refractivity contribution is 7.16. The lowest BCUT2D eigenvalue weighted by Crippen LogP contribution is -2.16. The van der Waals surface area contributed by atoms with Crippen LogP contribution in [0.4, 0.5) is 5.13 Å². The van der Waals surface area contributed by atoms with Crippen LogP contribution in [0.5, 0.6) is 0 Å². The number of nitrogens with zero attached hydrogens (tertiary/aromatic N) is 2. The topological polar surface area (TPSA) is 36.4 Å². The van der Waals surface area contributed by atoms with Crippen molar-refractivity contribution in [2.45, 2.75) is 19.4 Å². The van der Waals surface area contributed by atoms with E-state index in [2.05, 4.69) is 9.88 Å². The highest BCUT2D eigenvalue weighted by Crippen LogP contribution is 2.31. The Kier molecular flexibility index (Phi) is 2.71. The molecule has 0 saturated carbocycles. The first kappa shape index (κ1) is 9.24. The fraction of sp³-hybridized carbons (Fsp3) is 0.625. The molecule has 0 radical (unpaired) electrons. The van der Waals surface area contributed by atoms with Gasteiger partial charge in [0.25, 0.3) is 0 Å². The smallest absolute Gasteiger partial charge is 0.187 e. The van der Waals surface area contributed by atoms with Crippen molar-refractivity contribution in [1.82, 2.24) is 4.98 Å². The summed E-state index contributed by atoms with van der Waals surface area (Å²) in [5.41, 5.74) is 0. The SMILES string of the molecule is OCc1sc(N2CCCC2)nc1Cl. The second-order valence-corrected chi connectivity index (χ2v) is 4.48. The van der Waals surface area contributed by atoms with E-state index in [9.17, 15) is 0 Å². The largest absolute Gasteiger partial charge is 0.391 e. The van der Waals surface area contributed by atoms with Gasteiger partial charge in [-0.3, -0.25) is 0 Å². The Balaban J connectivity index is 2.20. The third-order valence-corrected chi connectivity index (χ3v) is 3.68. The lowest BCUT2D eigenvalue weighted by Gasteiger charge is -2.11. The average molecular weight is 219 g/mol. The lowest BCUT2D eigenvalue weighted by molar-refractivity contribution is 0.285. The van der Waals surface area contributed by atoms with Crippen LogP contribution < -0.4 is 4.90 Å². The van der Waals surface area contributed by atoms with Gasteiger partial charge in [-0.2, -0.15) is 0 Å². The Bertz CT molecular complexity index is 296. The summed E-state index contributed by atoms with van der Waals surface area (Å²) >= 11 is 7.33. The van der Waals surface area contributed by atoms with E-state index < -0.39 is 0 Å². The van der Waals surface area contributed by atoms with Gasteiger partial charge < -0.3 is 10.0 Å². The van der Waals surface area contributed by atoms with Gasteiger partial charge in [0.1, 0.15) is 5.15 Å². The van der Waals surface area contributed by atoms with Crippen molar-refractivity contribution in [1.29, 1.82) is 0 Å². The highest BCUT2D eigenvalue weighted by Gasteiger charge is 2.17.